The molecule has 3 heteroatoms. The van der Waals surface area contributed by atoms with Gasteiger partial charge in [0.25, 0.3) is 0 Å². The Morgan fingerprint density at radius 3 is 2.62 bits per heavy atom. The maximum Gasteiger partial charge on any atom is 0.224 e. The van der Waals surface area contributed by atoms with Gasteiger partial charge in [0.15, 0.2) is 0 Å². The van der Waals surface area contributed by atoms with E-state index < -0.39 is 6.26 Å². The predicted molar refractivity (Wildman–Crippen MR) is 50.8 cm³/mol. The Labute approximate surface area is 78.2 Å². The molecule has 1 aromatic rings. The SMILES string of the molecule is [2H]C(=O)c1ccc(NC(=O)CC)cc1. The number of amides is 1. The summed E-state index contributed by atoms with van der Waals surface area (Å²) in [7, 11) is 0. The van der Waals surface area contributed by atoms with E-state index >= 15 is 0 Å². The van der Waals surface area contributed by atoms with Gasteiger partial charge in [-0.25, -0.2) is 0 Å². The van der Waals surface area contributed by atoms with Gasteiger partial charge in [0, 0.05) is 17.7 Å². The number of anilines is 1. The van der Waals surface area contributed by atoms with Gasteiger partial charge in [-0.1, -0.05) is 6.92 Å². The van der Waals surface area contributed by atoms with Crippen LogP contribution in [-0.4, -0.2) is 12.2 Å². The summed E-state index contributed by atoms with van der Waals surface area (Å²) in [5.41, 5.74) is 0.960. The van der Waals surface area contributed by atoms with Crippen LogP contribution in [0.15, 0.2) is 24.3 Å². The predicted octanol–water partition coefficient (Wildman–Crippen LogP) is 1.85. The van der Waals surface area contributed by atoms with Crippen molar-refractivity contribution < 1.29 is 11.0 Å². The van der Waals surface area contributed by atoms with Crippen molar-refractivity contribution in [3.63, 3.8) is 0 Å². The first-order valence-corrected chi connectivity index (χ1v) is 4.04. The highest BCUT2D eigenvalue weighted by Gasteiger charge is 1.97. The van der Waals surface area contributed by atoms with Crippen LogP contribution in [0.1, 0.15) is 25.1 Å². The summed E-state index contributed by atoms with van der Waals surface area (Å²) in [4.78, 5) is 21.6. The number of nitrogens with one attached hydrogen (secondary N) is 1. The lowest BCUT2D eigenvalue weighted by atomic mass is 10.2. The molecule has 1 N–H and O–H groups in total. The Balaban J connectivity index is 2.73. The molecule has 1 aromatic carbocycles. The highest BCUT2D eigenvalue weighted by molar-refractivity contribution is 5.90. The Morgan fingerprint density at radius 2 is 2.15 bits per heavy atom. The van der Waals surface area contributed by atoms with Crippen LogP contribution in [0.25, 0.3) is 0 Å². The van der Waals surface area contributed by atoms with E-state index in [1.807, 2.05) is 0 Å². The summed E-state index contributed by atoms with van der Waals surface area (Å²) in [6.45, 7) is 1.76. The molecule has 1 rings (SSSR count). The molecule has 0 heterocycles. The van der Waals surface area contributed by atoms with Crippen molar-refractivity contribution in [2.24, 2.45) is 0 Å². The maximum absolute atomic E-state index is 11.0. The van der Waals surface area contributed by atoms with Gasteiger partial charge < -0.3 is 5.32 Å². The fraction of sp³-hybridized carbons (Fsp3) is 0.200. The van der Waals surface area contributed by atoms with Crippen molar-refractivity contribution in [2.75, 3.05) is 5.32 Å². The third-order valence-electron chi connectivity index (χ3n) is 1.61. The van der Waals surface area contributed by atoms with E-state index in [1.54, 1.807) is 19.1 Å². The lowest BCUT2D eigenvalue weighted by molar-refractivity contribution is -0.115. The van der Waals surface area contributed by atoms with Crippen molar-refractivity contribution >= 4 is 17.9 Å². The van der Waals surface area contributed by atoms with Gasteiger partial charge in [-0.15, -0.1) is 0 Å². The molecule has 0 aromatic heterocycles. The molecule has 0 saturated heterocycles. The van der Waals surface area contributed by atoms with Crippen LogP contribution in [0.3, 0.4) is 0 Å². The largest absolute Gasteiger partial charge is 0.326 e. The summed E-state index contributed by atoms with van der Waals surface area (Å²) in [6.07, 6.45) is -0.308. The first-order chi connectivity index (χ1) is 6.63. The molecular weight excluding hydrogens is 166 g/mol. The fourth-order valence-corrected chi connectivity index (χ4v) is 0.871. The normalized spacial score (nSPS) is 10.4. The van der Waals surface area contributed by atoms with Crippen molar-refractivity contribution in [1.29, 1.82) is 0 Å². The minimum absolute atomic E-state index is 0.0741. The van der Waals surface area contributed by atoms with Gasteiger partial charge in [0.05, 0.1) is 0 Å². The maximum atomic E-state index is 11.0. The second kappa shape index (κ2) is 4.40. The second-order valence-electron chi connectivity index (χ2n) is 2.58. The zero-order valence-electron chi connectivity index (χ0n) is 8.33. The van der Waals surface area contributed by atoms with Crippen LogP contribution < -0.4 is 5.32 Å². The molecule has 0 bridgehead atoms. The Bertz CT molecular complexity index is 346. The van der Waals surface area contributed by atoms with Crippen LogP contribution in [0.5, 0.6) is 0 Å². The molecule has 0 aliphatic heterocycles. The fourth-order valence-electron chi connectivity index (χ4n) is 0.871. The first-order valence-electron chi connectivity index (χ1n) is 4.54. The Hall–Kier alpha value is -1.64. The third kappa shape index (κ3) is 2.71. The Kier molecular flexibility index (Phi) is 2.70. The van der Waals surface area contributed by atoms with E-state index in [-0.39, 0.29) is 5.91 Å². The van der Waals surface area contributed by atoms with E-state index in [0.717, 1.165) is 0 Å². The highest BCUT2D eigenvalue weighted by Crippen LogP contribution is 2.08. The van der Waals surface area contributed by atoms with Crippen molar-refractivity contribution in [2.45, 2.75) is 13.3 Å². The van der Waals surface area contributed by atoms with Gasteiger partial charge in [-0.3, -0.25) is 9.59 Å². The minimum Gasteiger partial charge on any atom is -0.326 e. The summed E-state index contributed by atoms with van der Waals surface area (Å²) in [5.74, 6) is -0.0741. The molecule has 0 radical (unpaired) electrons. The average Bonchev–Trinajstić information content (AvgIpc) is 2.18. The number of hydrogen-bond acceptors (Lipinski definition) is 2. The molecule has 1 amide bonds. The van der Waals surface area contributed by atoms with Crippen LogP contribution in [0.4, 0.5) is 5.69 Å². The van der Waals surface area contributed by atoms with Crippen molar-refractivity contribution in [1.82, 2.24) is 0 Å². The number of hydrogen-bond donors (Lipinski definition) is 1. The van der Waals surface area contributed by atoms with Gasteiger partial charge in [-0.05, 0) is 24.3 Å². The quantitative estimate of drug-likeness (QED) is 0.718. The van der Waals surface area contributed by atoms with Crippen molar-refractivity contribution in [3.05, 3.63) is 29.8 Å². The van der Waals surface area contributed by atoms with Crippen LogP contribution in [0.2, 0.25) is 0 Å². The standard InChI is InChI=1S/C10H11NO2/c1-2-10(13)11-9-5-3-8(7-12)4-6-9/h3-7H,2H2,1H3,(H,11,13)/i7D. The molecule has 0 spiro atoms. The molecular formula is C10H11NO2. The highest BCUT2D eigenvalue weighted by atomic mass is 16.1. The molecule has 0 aliphatic rings. The molecule has 0 unspecified atom stereocenters. The number of benzene rings is 1. The molecule has 0 aliphatic carbocycles. The number of rotatable bonds is 3. The first kappa shape index (κ1) is 7.98. The minimum atomic E-state index is -0.724. The van der Waals surface area contributed by atoms with E-state index in [2.05, 4.69) is 5.32 Å². The van der Waals surface area contributed by atoms with Crippen LogP contribution >= 0.6 is 0 Å². The van der Waals surface area contributed by atoms with Gasteiger partial charge >= 0.3 is 0 Å². The zero-order chi connectivity index (χ0) is 10.6. The molecule has 0 saturated carbocycles. The monoisotopic (exact) mass is 178 g/mol. The van der Waals surface area contributed by atoms with Crippen LogP contribution in [0, 0.1) is 0 Å². The Morgan fingerprint density at radius 1 is 1.54 bits per heavy atom. The molecule has 68 valence electrons. The second-order valence-corrected chi connectivity index (χ2v) is 2.58. The van der Waals surface area contributed by atoms with Gasteiger partial charge in [-0.2, -0.15) is 0 Å². The number of aldehydes is 1. The zero-order valence-corrected chi connectivity index (χ0v) is 7.33. The number of carbonyl (C=O) groups is 2. The average molecular weight is 178 g/mol. The van der Waals surface area contributed by atoms with E-state index in [1.165, 1.54) is 12.1 Å². The van der Waals surface area contributed by atoms with Crippen LogP contribution in [-0.2, 0) is 4.79 Å². The summed E-state index contributed by atoms with van der Waals surface area (Å²) < 4.78 is 6.84. The van der Waals surface area contributed by atoms with E-state index in [9.17, 15) is 9.59 Å². The number of carbonyl (C=O) groups excluding carboxylic acids is 2. The third-order valence-corrected chi connectivity index (χ3v) is 1.61. The van der Waals surface area contributed by atoms with E-state index in [4.69, 9.17) is 1.37 Å². The molecule has 0 atom stereocenters. The lowest BCUT2D eigenvalue weighted by Crippen LogP contribution is -2.09. The summed E-state index contributed by atoms with van der Waals surface area (Å²) in [5, 5.41) is 2.65. The molecule has 3 nitrogen and oxygen atoms in total. The summed E-state index contributed by atoms with van der Waals surface area (Å²) in [6, 6.07) is 6.24. The summed E-state index contributed by atoms with van der Waals surface area (Å²) >= 11 is 0. The lowest BCUT2D eigenvalue weighted by Gasteiger charge is -2.02. The van der Waals surface area contributed by atoms with Gasteiger partial charge in [0.2, 0.25) is 5.91 Å². The molecule has 0 fully saturated rings. The molecule has 13 heavy (non-hydrogen) atoms. The van der Waals surface area contributed by atoms with Gasteiger partial charge in [0.1, 0.15) is 7.63 Å². The van der Waals surface area contributed by atoms with E-state index in [0.29, 0.717) is 17.7 Å². The smallest absolute Gasteiger partial charge is 0.224 e. The topological polar surface area (TPSA) is 46.2 Å². The van der Waals surface area contributed by atoms with Crippen molar-refractivity contribution in [3.8, 4) is 0 Å².